The number of nitrogens with zero attached hydrogens (tertiary/aromatic N) is 1. The van der Waals surface area contributed by atoms with Crippen LogP contribution in [0.15, 0.2) is 4.90 Å². The van der Waals surface area contributed by atoms with Crippen LogP contribution in [0.4, 0.5) is 10.7 Å². The average Bonchev–Trinajstić information content (AvgIpc) is 2.71. The second kappa shape index (κ2) is 7.05. The second-order valence-electron chi connectivity index (χ2n) is 4.69. The highest BCUT2D eigenvalue weighted by Crippen LogP contribution is 2.43. The SMILES string of the molecule is CCN(CC(C)C)c1sc(C(=O)NC)c(N)c1SC. The van der Waals surface area contributed by atoms with Crippen molar-refractivity contribution in [3.8, 4) is 0 Å². The van der Waals surface area contributed by atoms with Gasteiger partial charge in [-0.1, -0.05) is 13.8 Å². The van der Waals surface area contributed by atoms with Crippen LogP contribution in [0.1, 0.15) is 30.4 Å². The number of thioether (sulfide) groups is 1. The van der Waals surface area contributed by atoms with Crippen LogP contribution in [0.25, 0.3) is 0 Å². The minimum atomic E-state index is -0.107. The zero-order valence-electron chi connectivity index (χ0n) is 12.2. The molecule has 0 aliphatic heterocycles. The van der Waals surface area contributed by atoms with E-state index in [2.05, 4.69) is 31.0 Å². The second-order valence-corrected chi connectivity index (χ2v) is 6.51. The van der Waals surface area contributed by atoms with Crippen LogP contribution in [-0.2, 0) is 0 Å². The lowest BCUT2D eigenvalue weighted by atomic mass is 10.2. The normalized spacial score (nSPS) is 10.8. The summed E-state index contributed by atoms with van der Waals surface area (Å²) in [6.45, 7) is 8.40. The third-order valence-corrected chi connectivity index (χ3v) is 4.99. The first-order valence-corrected chi connectivity index (χ1v) is 8.43. The topological polar surface area (TPSA) is 58.4 Å². The number of thiophene rings is 1. The lowest BCUT2D eigenvalue weighted by Crippen LogP contribution is -2.26. The Hall–Kier alpha value is -0.880. The summed E-state index contributed by atoms with van der Waals surface area (Å²) in [4.78, 5) is 15.8. The van der Waals surface area contributed by atoms with Crippen LogP contribution in [0.3, 0.4) is 0 Å². The molecule has 6 heteroatoms. The highest BCUT2D eigenvalue weighted by atomic mass is 32.2. The number of carbonyl (C=O) groups excluding carboxylic acids is 1. The molecule has 1 aromatic rings. The largest absolute Gasteiger partial charge is 0.396 e. The predicted octanol–water partition coefficient (Wildman–Crippen LogP) is 2.89. The van der Waals surface area contributed by atoms with Crippen LogP contribution in [0.5, 0.6) is 0 Å². The minimum absolute atomic E-state index is 0.107. The summed E-state index contributed by atoms with van der Waals surface area (Å²) in [5.74, 6) is 0.464. The van der Waals surface area contributed by atoms with Gasteiger partial charge in [0, 0.05) is 20.1 Å². The molecule has 1 rings (SSSR count). The first kappa shape index (κ1) is 16.2. The van der Waals surface area contributed by atoms with Gasteiger partial charge in [-0.2, -0.15) is 0 Å². The third-order valence-electron chi connectivity index (χ3n) is 2.77. The number of amides is 1. The summed E-state index contributed by atoms with van der Waals surface area (Å²) in [5.41, 5.74) is 6.72. The zero-order valence-corrected chi connectivity index (χ0v) is 13.9. The Morgan fingerprint density at radius 3 is 2.58 bits per heavy atom. The molecule has 0 aliphatic rings. The van der Waals surface area contributed by atoms with Gasteiger partial charge in [0.05, 0.1) is 10.6 Å². The van der Waals surface area contributed by atoms with Gasteiger partial charge >= 0.3 is 0 Å². The maximum absolute atomic E-state index is 11.8. The van der Waals surface area contributed by atoms with Gasteiger partial charge in [-0.05, 0) is 19.1 Å². The van der Waals surface area contributed by atoms with E-state index < -0.39 is 0 Å². The monoisotopic (exact) mass is 301 g/mol. The molecule has 3 N–H and O–H groups in total. The van der Waals surface area contributed by atoms with E-state index in [1.54, 1.807) is 18.8 Å². The summed E-state index contributed by atoms with van der Waals surface area (Å²) in [5, 5.41) is 3.76. The van der Waals surface area contributed by atoms with Crippen molar-refractivity contribution in [2.45, 2.75) is 25.7 Å². The van der Waals surface area contributed by atoms with Crippen LogP contribution < -0.4 is 16.0 Å². The van der Waals surface area contributed by atoms with Crippen molar-refractivity contribution in [2.24, 2.45) is 5.92 Å². The minimum Gasteiger partial charge on any atom is -0.396 e. The Morgan fingerprint density at radius 1 is 1.53 bits per heavy atom. The average molecular weight is 301 g/mol. The summed E-state index contributed by atoms with van der Waals surface area (Å²) in [6, 6.07) is 0. The number of nitrogen functional groups attached to an aromatic ring is 1. The molecule has 4 nitrogen and oxygen atoms in total. The number of carbonyl (C=O) groups is 1. The van der Waals surface area contributed by atoms with E-state index in [1.165, 1.54) is 11.3 Å². The van der Waals surface area contributed by atoms with E-state index in [4.69, 9.17) is 5.73 Å². The zero-order chi connectivity index (χ0) is 14.6. The van der Waals surface area contributed by atoms with Crippen LogP contribution in [0, 0.1) is 5.92 Å². The molecule has 0 atom stereocenters. The van der Waals surface area contributed by atoms with Crippen molar-refractivity contribution in [3.63, 3.8) is 0 Å². The Morgan fingerprint density at radius 2 is 2.16 bits per heavy atom. The van der Waals surface area contributed by atoms with Crippen molar-refractivity contribution in [1.29, 1.82) is 0 Å². The lowest BCUT2D eigenvalue weighted by Gasteiger charge is -2.24. The fourth-order valence-corrected chi connectivity index (χ4v) is 4.10. The highest BCUT2D eigenvalue weighted by Gasteiger charge is 2.23. The summed E-state index contributed by atoms with van der Waals surface area (Å²) in [7, 11) is 1.63. The first-order valence-electron chi connectivity index (χ1n) is 6.39. The predicted molar refractivity (Wildman–Crippen MR) is 86.6 cm³/mol. The first-order chi connectivity index (χ1) is 8.96. The van der Waals surface area contributed by atoms with E-state index >= 15 is 0 Å². The lowest BCUT2D eigenvalue weighted by molar-refractivity contribution is 0.0968. The van der Waals surface area contributed by atoms with Crippen LogP contribution >= 0.6 is 23.1 Å². The molecule has 0 saturated carbocycles. The van der Waals surface area contributed by atoms with Crippen molar-refractivity contribution in [1.82, 2.24) is 5.32 Å². The summed E-state index contributed by atoms with van der Waals surface area (Å²) < 4.78 is 0. The quantitative estimate of drug-likeness (QED) is 0.793. The molecule has 1 heterocycles. The number of hydrogen-bond acceptors (Lipinski definition) is 5. The molecule has 0 unspecified atom stereocenters. The molecule has 0 aromatic carbocycles. The Bertz CT molecular complexity index is 443. The number of hydrogen-bond donors (Lipinski definition) is 2. The standard InChI is InChI=1S/C13H23N3OS2/c1-6-16(7-8(2)3)13-11(18-5)9(14)10(19-13)12(17)15-4/h8H,6-7,14H2,1-5H3,(H,15,17). The van der Waals surface area contributed by atoms with E-state index in [0.29, 0.717) is 16.5 Å². The third kappa shape index (κ3) is 3.57. The molecule has 0 aliphatic carbocycles. The summed E-state index contributed by atoms with van der Waals surface area (Å²) in [6.07, 6.45) is 2.00. The number of nitrogens with two attached hydrogens (primary N) is 1. The van der Waals surface area contributed by atoms with Crippen molar-refractivity contribution in [2.75, 3.05) is 37.0 Å². The molecule has 1 aromatic heterocycles. The fourth-order valence-electron chi connectivity index (χ4n) is 1.90. The Kier molecular flexibility index (Phi) is 6.00. The molecule has 19 heavy (non-hydrogen) atoms. The molecular weight excluding hydrogens is 278 g/mol. The Labute approximate surface area is 123 Å². The maximum Gasteiger partial charge on any atom is 0.263 e. The summed E-state index contributed by atoms with van der Waals surface area (Å²) >= 11 is 3.09. The smallest absolute Gasteiger partial charge is 0.263 e. The number of rotatable bonds is 6. The van der Waals surface area contributed by atoms with Gasteiger partial charge in [-0.15, -0.1) is 23.1 Å². The van der Waals surface area contributed by atoms with Crippen LogP contribution in [0.2, 0.25) is 0 Å². The van der Waals surface area contributed by atoms with Crippen LogP contribution in [-0.4, -0.2) is 32.3 Å². The van der Waals surface area contributed by atoms with Gasteiger partial charge in [0.2, 0.25) is 0 Å². The van der Waals surface area contributed by atoms with Crippen molar-refractivity contribution in [3.05, 3.63) is 4.88 Å². The molecule has 0 fully saturated rings. The molecule has 108 valence electrons. The molecule has 0 bridgehead atoms. The number of anilines is 2. The van der Waals surface area contributed by atoms with Gasteiger partial charge in [-0.25, -0.2) is 0 Å². The van der Waals surface area contributed by atoms with Gasteiger partial charge in [0.1, 0.15) is 9.88 Å². The van der Waals surface area contributed by atoms with E-state index in [0.717, 1.165) is 23.0 Å². The van der Waals surface area contributed by atoms with Gasteiger partial charge in [0.25, 0.3) is 5.91 Å². The van der Waals surface area contributed by atoms with Gasteiger partial charge in [-0.3, -0.25) is 4.79 Å². The molecule has 0 spiro atoms. The van der Waals surface area contributed by atoms with Gasteiger partial charge < -0.3 is 16.0 Å². The maximum atomic E-state index is 11.8. The Balaban J connectivity index is 3.22. The van der Waals surface area contributed by atoms with E-state index in [-0.39, 0.29) is 5.91 Å². The highest BCUT2D eigenvalue weighted by molar-refractivity contribution is 7.99. The molecular formula is C13H23N3OS2. The van der Waals surface area contributed by atoms with E-state index in [1.807, 2.05) is 6.26 Å². The van der Waals surface area contributed by atoms with Gasteiger partial charge in [0.15, 0.2) is 0 Å². The van der Waals surface area contributed by atoms with Crippen molar-refractivity contribution >= 4 is 39.7 Å². The van der Waals surface area contributed by atoms with E-state index in [9.17, 15) is 4.79 Å². The molecule has 0 saturated heterocycles. The molecule has 1 amide bonds. The van der Waals surface area contributed by atoms with Crippen molar-refractivity contribution < 1.29 is 4.79 Å². The fraction of sp³-hybridized carbons (Fsp3) is 0.615. The molecule has 0 radical (unpaired) electrons. The number of nitrogens with one attached hydrogen (secondary N) is 1.